The maximum atomic E-state index is 13.6. The van der Waals surface area contributed by atoms with Crippen LogP contribution in [0.25, 0.3) is 0 Å². The molecule has 0 aromatic carbocycles. The number of rotatable bonds is 6. The topological polar surface area (TPSA) is 78.9 Å². The average Bonchev–Trinajstić information content (AvgIpc) is 2.63. The Morgan fingerprint density at radius 3 is 1.25 bits per heavy atom. The normalized spacial score (nSPS) is 32.1. The van der Waals surface area contributed by atoms with Gasteiger partial charge in [-0.3, -0.25) is 0 Å². The minimum absolute atomic E-state index is 0.143. The zero-order chi connectivity index (χ0) is 27.8. The van der Waals surface area contributed by atoms with Crippen LogP contribution in [0.15, 0.2) is 12.2 Å². The van der Waals surface area contributed by atoms with E-state index < -0.39 is 96.9 Å². The van der Waals surface area contributed by atoms with Gasteiger partial charge in [0, 0.05) is 24.8 Å². The molecule has 0 saturated heterocycles. The first kappa shape index (κ1) is 28.0. The van der Waals surface area contributed by atoms with E-state index in [1.807, 2.05) is 0 Å². The van der Waals surface area contributed by atoms with Crippen molar-refractivity contribution < 1.29 is 72.5 Å². The van der Waals surface area contributed by atoms with Gasteiger partial charge in [0.05, 0.1) is 0 Å². The minimum atomic E-state index is -6.37. The van der Waals surface area contributed by atoms with Crippen LogP contribution in [0.1, 0.15) is 45.4 Å². The monoisotopic (exact) mass is 544 g/mol. The SMILES string of the molecule is C=C(C)C(=O)OC12CC3CC(OC(=O)C(F)(F)C(F)(F)F)(C1)CC(OC(=O)C(F)(F)C(F)(F)F)(C3)C2. The van der Waals surface area contributed by atoms with Crippen molar-refractivity contribution in [2.75, 3.05) is 0 Å². The van der Waals surface area contributed by atoms with Crippen LogP contribution < -0.4 is 0 Å². The zero-order valence-corrected chi connectivity index (χ0v) is 18.3. The molecule has 0 aromatic heterocycles. The quantitative estimate of drug-likeness (QED) is 0.207. The van der Waals surface area contributed by atoms with Crippen LogP contribution in [0, 0.1) is 5.92 Å². The molecule has 0 heterocycles. The summed E-state index contributed by atoms with van der Waals surface area (Å²) < 4.78 is 145. The standard InChI is InChI=1S/C20H18F10O6/c1-9(2)11(31)34-14-3-10-4-15(6-14,35-12(32)17(21,22)19(25,26)27)8-16(5-10,7-14)36-13(33)18(23,24)20(28,29)30/h10H,1,3-8H2,2H3. The van der Waals surface area contributed by atoms with Crippen LogP contribution in [0.5, 0.6) is 0 Å². The first-order valence-electron chi connectivity index (χ1n) is 10.2. The molecule has 4 aliphatic rings. The molecule has 4 aliphatic carbocycles. The number of hydrogen-bond acceptors (Lipinski definition) is 6. The van der Waals surface area contributed by atoms with E-state index in [1.54, 1.807) is 0 Å². The van der Waals surface area contributed by atoms with Crippen molar-refractivity contribution in [2.24, 2.45) is 5.92 Å². The number of halogens is 10. The summed E-state index contributed by atoms with van der Waals surface area (Å²) in [5.41, 5.74) is -6.82. The number of esters is 3. The molecule has 36 heavy (non-hydrogen) atoms. The lowest BCUT2D eigenvalue weighted by Gasteiger charge is -2.63. The molecule has 0 aliphatic heterocycles. The van der Waals surface area contributed by atoms with Gasteiger partial charge in [0.25, 0.3) is 0 Å². The van der Waals surface area contributed by atoms with Crippen molar-refractivity contribution in [3.05, 3.63) is 12.2 Å². The van der Waals surface area contributed by atoms with Gasteiger partial charge in [-0.15, -0.1) is 0 Å². The molecule has 4 rings (SSSR count). The van der Waals surface area contributed by atoms with E-state index in [9.17, 15) is 58.3 Å². The lowest BCUT2D eigenvalue weighted by Crippen LogP contribution is -2.70. The highest BCUT2D eigenvalue weighted by molar-refractivity contribution is 5.87. The fourth-order valence-corrected chi connectivity index (χ4v) is 5.55. The van der Waals surface area contributed by atoms with E-state index >= 15 is 0 Å². The van der Waals surface area contributed by atoms with E-state index in [1.165, 1.54) is 6.92 Å². The molecular formula is C20H18F10O6. The molecule has 0 N–H and O–H groups in total. The number of ether oxygens (including phenoxy) is 3. The average molecular weight is 544 g/mol. The summed E-state index contributed by atoms with van der Waals surface area (Å²) in [5.74, 6) is -20.1. The predicted molar refractivity (Wildman–Crippen MR) is 94.5 cm³/mol. The highest BCUT2D eigenvalue weighted by Gasteiger charge is 2.73. The van der Waals surface area contributed by atoms with Crippen molar-refractivity contribution in [3.8, 4) is 0 Å². The highest BCUT2D eigenvalue weighted by atomic mass is 19.4. The number of hydrogen-bond donors (Lipinski definition) is 0. The summed E-state index contributed by atoms with van der Waals surface area (Å²) in [4.78, 5) is 35.9. The van der Waals surface area contributed by atoms with Gasteiger partial charge in [0.15, 0.2) is 0 Å². The molecular weight excluding hydrogens is 526 g/mol. The predicted octanol–water partition coefficient (Wildman–Crippen LogP) is 4.80. The van der Waals surface area contributed by atoms with Crippen molar-refractivity contribution in [1.82, 2.24) is 0 Å². The Hall–Kier alpha value is -2.55. The second kappa shape index (κ2) is 7.97. The Kier molecular flexibility index (Phi) is 6.21. The van der Waals surface area contributed by atoms with E-state index in [-0.39, 0.29) is 12.0 Å². The molecule has 204 valence electrons. The Bertz CT molecular complexity index is 928. The third kappa shape index (κ3) is 4.62. The number of carbonyl (C=O) groups is 3. The number of alkyl halides is 10. The van der Waals surface area contributed by atoms with Crippen LogP contribution in [-0.2, 0) is 28.6 Å². The molecule has 0 spiro atoms. The summed E-state index contributed by atoms with van der Waals surface area (Å²) in [6.07, 6.45) is -16.1. The van der Waals surface area contributed by atoms with Crippen molar-refractivity contribution >= 4 is 17.9 Å². The lowest BCUT2D eigenvalue weighted by atomic mass is 9.50. The zero-order valence-electron chi connectivity index (χ0n) is 18.3. The summed E-state index contributed by atoms with van der Waals surface area (Å²) in [6.45, 7) is 4.49. The van der Waals surface area contributed by atoms with Crippen LogP contribution in [0.3, 0.4) is 0 Å². The smallest absolute Gasteiger partial charge is 0.455 e. The van der Waals surface area contributed by atoms with E-state index in [4.69, 9.17) is 4.74 Å². The summed E-state index contributed by atoms with van der Waals surface area (Å²) in [6, 6.07) is 0. The van der Waals surface area contributed by atoms with Gasteiger partial charge in [0.1, 0.15) is 16.8 Å². The molecule has 0 aromatic rings. The van der Waals surface area contributed by atoms with Crippen LogP contribution in [0.2, 0.25) is 0 Å². The Labute approximate surface area is 195 Å². The largest absolute Gasteiger partial charge is 0.465 e. The van der Waals surface area contributed by atoms with Crippen LogP contribution in [0.4, 0.5) is 43.9 Å². The minimum Gasteiger partial charge on any atom is -0.455 e. The van der Waals surface area contributed by atoms with E-state index in [2.05, 4.69) is 16.1 Å². The molecule has 0 radical (unpaired) electrons. The molecule has 2 atom stereocenters. The van der Waals surface area contributed by atoms with Crippen molar-refractivity contribution in [1.29, 1.82) is 0 Å². The van der Waals surface area contributed by atoms with Gasteiger partial charge in [0.2, 0.25) is 0 Å². The van der Waals surface area contributed by atoms with Gasteiger partial charge in [-0.1, -0.05) is 6.58 Å². The fraction of sp³-hybridized carbons (Fsp3) is 0.750. The summed E-state index contributed by atoms with van der Waals surface area (Å²) >= 11 is 0. The molecule has 4 bridgehead atoms. The van der Waals surface area contributed by atoms with Gasteiger partial charge >= 0.3 is 42.1 Å². The Balaban J connectivity index is 2.01. The van der Waals surface area contributed by atoms with Crippen molar-refractivity contribution in [2.45, 2.75) is 86.4 Å². The van der Waals surface area contributed by atoms with Crippen molar-refractivity contribution in [3.63, 3.8) is 0 Å². The Morgan fingerprint density at radius 2 is 0.972 bits per heavy atom. The molecule has 6 nitrogen and oxygen atoms in total. The molecule has 2 unspecified atom stereocenters. The van der Waals surface area contributed by atoms with Crippen LogP contribution >= 0.6 is 0 Å². The fourth-order valence-electron chi connectivity index (χ4n) is 5.55. The summed E-state index contributed by atoms with van der Waals surface area (Å²) in [7, 11) is 0. The first-order chi connectivity index (χ1) is 16.0. The van der Waals surface area contributed by atoms with E-state index in [0.29, 0.717) is 0 Å². The highest BCUT2D eigenvalue weighted by Crippen LogP contribution is 2.64. The van der Waals surface area contributed by atoms with Gasteiger partial charge < -0.3 is 14.2 Å². The maximum Gasteiger partial charge on any atom is 0.465 e. The van der Waals surface area contributed by atoms with Gasteiger partial charge in [-0.05, 0) is 32.1 Å². The second-order valence-corrected chi connectivity index (χ2v) is 9.65. The first-order valence-corrected chi connectivity index (χ1v) is 10.2. The summed E-state index contributed by atoms with van der Waals surface area (Å²) in [5, 5.41) is 0. The third-order valence-corrected chi connectivity index (χ3v) is 6.42. The maximum absolute atomic E-state index is 13.6. The van der Waals surface area contributed by atoms with E-state index in [0.717, 1.165) is 0 Å². The van der Waals surface area contributed by atoms with Gasteiger partial charge in [-0.25, -0.2) is 14.4 Å². The molecule has 4 saturated carbocycles. The number of carbonyl (C=O) groups excluding carboxylic acids is 3. The second-order valence-electron chi connectivity index (χ2n) is 9.65. The Morgan fingerprint density at radius 1 is 0.667 bits per heavy atom. The van der Waals surface area contributed by atoms with Gasteiger partial charge in [-0.2, -0.15) is 43.9 Å². The molecule has 0 amide bonds. The molecule has 16 heteroatoms. The third-order valence-electron chi connectivity index (χ3n) is 6.42. The lowest BCUT2D eigenvalue weighted by molar-refractivity contribution is -0.312. The van der Waals surface area contributed by atoms with Crippen LogP contribution in [-0.4, -0.2) is 58.9 Å². The molecule has 4 fully saturated rings.